The third-order valence-corrected chi connectivity index (χ3v) is 3.17. The van der Waals surface area contributed by atoms with Crippen molar-refractivity contribution < 1.29 is 8.91 Å². The van der Waals surface area contributed by atoms with Crippen LogP contribution < -0.4 is 5.32 Å². The van der Waals surface area contributed by atoms with E-state index in [1.54, 1.807) is 12.1 Å². The summed E-state index contributed by atoms with van der Waals surface area (Å²) in [5.41, 5.74) is 0.980. The first-order chi connectivity index (χ1) is 8.81. The molecule has 1 unspecified atom stereocenters. The van der Waals surface area contributed by atoms with E-state index in [4.69, 9.17) is 4.52 Å². The molecule has 1 atom stereocenters. The molecule has 1 aromatic carbocycles. The minimum Gasteiger partial charge on any atom is -0.339 e. The van der Waals surface area contributed by atoms with Gasteiger partial charge < -0.3 is 9.84 Å². The second-order valence-electron chi connectivity index (χ2n) is 4.54. The number of rotatable bonds is 3. The van der Waals surface area contributed by atoms with Gasteiger partial charge >= 0.3 is 0 Å². The van der Waals surface area contributed by atoms with E-state index in [-0.39, 0.29) is 5.82 Å². The Kier molecular flexibility index (Phi) is 3.06. The molecule has 4 nitrogen and oxygen atoms in total. The topological polar surface area (TPSA) is 51.0 Å². The number of halogens is 1. The van der Waals surface area contributed by atoms with E-state index in [0.717, 1.165) is 25.1 Å². The summed E-state index contributed by atoms with van der Waals surface area (Å²) < 4.78 is 18.0. The summed E-state index contributed by atoms with van der Waals surface area (Å²) in [4.78, 5) is 4.40. The van der Waals surface area contributed by atoms with E-state index in [9.17, 15) is 4.39 Å². The van der Waals surface area contributed by atoms with Gasteiger partial charge in [-0.15, -0.1) is 0 Å². The Balaban J connectivity index is 1.71. The molecule has 2 heterocycles. The highest BCUT2D eigenvalue weighted by Crippen LogP contribution is 2.20. The number of benzene rings is 1. The summed E-state index contributed by atoms with van der Waals surface area (Å²) in [6.07, 6.45) is 1.61. The monoisotopic (exact) mass is 247 g/mol. The molecule has 0 amide bonds. The van der Waals surface area contributed by atoms with Gasteiger partial charge in [-0.25, -0.2) is 4.39 Å². The first kappa shape index (κ1) is 11.3. The summed E-state index contributed by atoms with van der Waals surface area (Å²) in [6, 6.07) is 6.36. The van der Waals surface area contributed by atoms with Crippen molar-refractivity contribution in [1.82, 2.24) is 15.5 Å². The normalized spacial score (nSPS) is 19.3. The summed E-state index contributed by atoms with van der Waals surface area (Å²) in [5.74, 6) is 1.46. The molecule has 5 heteroatoms. The third kappa shape index (κ3) is 2.41. The van der Waals surface area contributed by atoms with Crippen LogP contribution in [-0.4, -0.2) is 23.2 Å². The highest BCUT2D eigenvalue weighted by molar-refractivity contribution is 5.19. The second-order valence-corrected chi connectivity index (χ2v) is 4.54. The molecule has 0 aliphatic carbocycles. The number of nitrogens with zero attached hydrogens (tertiary/aromatic N) is 2. The van der Waals surface area contributed by atoms with Gasteiger partial charge in [-0.1, -0.05) is 17.3 Å². The van der Waals surface area contributed by atoms with Crippen LogP contribution in [0.2, 0.25) is 0 Å². The van der Waals surface area contributed by atoms with E-state index in [1.807, 2.05) is 0 Å². The largest absolute Gasteiger partial charge is 0.339 e. The van der Waals surface area contributed by atoms with Gasteiger partial charge in [0, 0.05) is 13.0 Å². The van der Waals surface area contributed by atoms with E-state index < -0.39 is 0 Å². The Labute approximate surface area is 104 Å². The molecule has 1 N–H and O–H groups in total. The predicted octanol–water partition coefficient (Wildman–Crippen LogP) is 1.88. The molecule has 1 fully saturated rings. The van der Waals surface area contributed by atoms with Gasteiger partial charge in [-0.05, 0) is 30.7 Å². The Morgan fingerprint density at radius 3 is 2.89 bits per heavy atom. The average Bonchev–Trinajstić information content (AvgIpc) is 3.02. The van der Waals surface area contributed by atoms with Crippen LogP contribution >= 0.6 is 0 Å². The fraction of sp³-hybridized carbons (Fsp3) is 0.385. The molecule has 0 bridgehead atoms. The second kappa shape index (κ2) is 4.86. The lowest BCUT2D eigenvalue weighted by Gasteiger charge is -1.98. The average molecular weight is 247 g/mol. The molecule has 1 saturated heterocycles. The van der Waals surface area contributed by atoms with Crippen LogP contribution in [0.1, 0.15) is 29.6 Å². The molecule has 18 heavy (non-hydrogen) atoms. The summed E-state index contributed by atoms with van der Waals surface area (Å²) in [5, 5.41) is 7.24. The van der Waals surface area contributed by atoms with Crippen molar-refractivity contribution in [3.05, 3.63) is 47.4 Å². The fourth-order valence-electron chi connectivity index (χ4n) is 2.16. The highest BCUT2D eigenvalue weighted by Gasteiger charge is 2.22. The minimum atomic E-state index is -0.232. The molecular formula is C13H14FN3O. The molecule has 0 saturated carbocycles. The van der Waals surface area contributed by atoms with E-state index in [2.05, 4.69) is 15.5 Å². The zero-order chi connectivity index (χ0) is 12.4. The Bertz CT molecular complexity index is 517. The Morgan fingerprint density at radius 1 is 1.33 bits per heavy atom. The van der Waals surface area contributed by atoms with Crippen molar-refractivity contribution in [1.29, 1.82) is 0 Å². The lowest BCUT2D eigenvalue weighted by atomic mass is 10.1. The van der Waals surface area contributed by atoms with Gasteiger partial charge in [-0.3, -0.25) is 0 Å². The van der Waals surface area contributed by atoms with E-state index in [0.29, 0.717) is 24.1 Å². The molecule has 2 aromatic rings. The van der Waals surface area contributed by atoms with Gasteiger partial charge in [0.25, 0.3) is 0 Å². The van der Waals surface area contributed by atoms with Crippen LogP contribution in [-0.2, 0) is 6.42 Å². The summed E-state index contributed by atoms with van der Waals surface area (Å²) >= 11 is 0. The van der Waals surface area contributed by atoms with Crippen LogP contribution in [0.15, 0.2) is 28.8 Å². The molecule has 1 aromatic heterocycles. The van der Waals surface area contributed by atoms with Crippen molar-refractivity contribution >= 4 is 0 Å². The van der Waals surface area contributed by atoms with Gasteiger partial charge in [0.05, 0.1) is 5.92 Å². The smallest absolute Gasteiger partial charge is 0.231 e. The number of hydrogen-bond acceptors (Lipinski definition) is 4. The maximum atomic E-state index is 12.8. The van der Waals surface area contributed by atoms with Crippen molar-refractivity contribution in [3.8, 4) is 0 Å². The maximum Gasteiger partial charge on any atom is 0.231 e. The predicted molar refractivity (Wildman–Crippen MR) is 63.7 cm³/mol. The van der Waals surface area contributed by atoms with Gasteiger partial charge in [0.2, 0.25) is 5.89 Å². The molecular weight excluding hydrogens is 233 g/mol. The summed E-state index contributed by atoms with van der Waals surface area (Å²) in [7, 11) is 0. The van der Waals surface area contributed by atoms with Crippen molar-refractivity contribution in [3.63, 3.8) is 0 Å². The van der Waals surface area contributed by atoms with E-state index in [1.165, 1.54) is 12.1 Å². The molecule has 1 aliphatic rings. The van der Waals surface area contributed by atoms with Crippen LogP contribution in [0.5, 0.6) is 0 Å². The SMILES string of the molecule is Fc1ccc(Cc2noc(C3CCNC3)n2)cc1. The molecule has 0 radical (unpaired) electrons. The van der Waals surface area contributed by atoms with Gasteiger partial charge in [0.1, 0.15) is 5.82 Å². The maximum absolute atomic E-state index is 12.8. The Hall–Kier alpha value is -1.75. The van der Waals surface area contributed by atoms with Gasteiger partial charge in [-0.2, -0.15) is 4.98 Å². The summed E-state index contributed by atoms with van der Waals surface area (Å²) in [6.45, 7) is 1.90. The first-order valence-electron chi connectivity index (χ1n) is 6.09. The molecule has 0 spiro atoms. The molecule has 94 valence electrons. The lowest BCUT2D eigenvalue weighted by molar-refractivity contribution is 0.355. The molecule has 1 aliphatic heterocycles. The van der Waals surface area contributed by atoms with Crippen LogP contribution in [0.25, 0.3) is 0 Å². The zero-order valence-electron chi connectivity index (χ0n) is 9.90. The van der Waals surface area contributed by atoms with Crippen LogP contribution in [0.3, 0.4) is 0 Å². The number of nitrogens with one attached hydrogen (secondary N) is 1. The Morgan fingerprint density at radius 2 is 2.17 bits per heavy atom. The highest BCUT2D eigenvalue weighted by atomic mass is 19.1. The first-order valence-corrected chi connectivity index (χ1v) is 6.09. The molecule has 3 rings (SSSR count). The fourth-order valence-corrected chi connectivity index (χ4v) is 2.16. The number of aromatic nitrogens is 2. The van der Waals surface area contributed by atoms with Crippen LogP contribution in [0.4, 0.5) is 4.39 Å². The van der Waals surface area contributed by atoms with E-state index >= 15 is 0 Å². The number of hydrogen-bond donors (Lipinski definition) is 1. The lowest BCUT2D eigenvalue weighted by Crippen LogP contribution is -2.08. The van der Waals surface area contributed by atoms with Crippen LogP contribution in [0, 0.1) is 5.82 Å². The van der Waals surface area contributed by atoms with Crippen molar-refractivity contribution in [2.45, 2.75) is 18.8 Å². The zero-order valence-corrected chi connectivity index (χ0v) is 9.90. The van der Waals surface area contributed by atoms with Gasteiger partial charge in [0.15, 0.2) is 5.82 Å². The van der Waals surface area contributed by atoms with Crippen molar-refractivity contribution in [2.24, 2.45) is 0 Å². The quantitative estimate of drug-likeness (QED) is 0.899. The minimum absolute atomic E-state index is 0.232. The standard InChI is InChI=1S/C13H14FN3O/c14-11-3-1-9(2-4-11)7-12-16-13(18-17-12)10-5-6-15-8-10/h1-4,10,15H,5-8H2. The third-order valence-electron chi connectivity index (χ3n) is 3.17. The van der Waals surface area contributed by atoms with Crippen molar-refractivity contribution in [2.75, 3.05) is 13.1 Å².